The molecule has 0 aliphatic carbocycles. The van der Waals surface area contributed by atoms with E-state index in [0.717, 1.165) is 6.42 Å². The lowest BCUT2D eigenvalue weighted by Crippen LogP contribution is -2.56. The first-order chi connectivity index (χ1) is 9.03. The van der Waals surface area contributed by atoms with Gasteiger partial charge < -0.3 is 20.0 Å². The van der Waals surface area contributed by atoms with Crippen LogP contribution in [0.25, 0.3) is 0 Å². The number of aliphatic hydroxyl groups excluding tert-OH is 1. The van der Waals surface area contributed by atoms with Crippen molar-refractivity contribution in [1.29, 1.82) is 0 Å². The third-order valence-corrected chi connectivity index (χ3v) is 3.94. The summed E-state index contributed by atoms with van der Waals surface area (Å²) < 4.78 is 0. The first-order valence-corrected chi connectivity index (χ1v) is 6.94. The largest absolute Gasteiger partial charge is 0.479 e. The number of nitrogens with zero attached hydrogens (tertiary/aromatic N) is 2. The lowest BCUT2D eigenvalue weighted by Gasteiger charge is -2.37. The number of carboxylic acids is 1. The van der Waals surface area contributed by atoms with Crippen LogP contribution in [0.5, 0.6) is 0 Å². The van der Waals surface area contributed by atoms with Gasteiger partial charge in [0, 0.05) is 26.2 Å². The van der Waals surface area contributed by atoms with Crippen LogP contribution in [-0.2, 0) is 4.79 Å². The molecule has 19 heavy (non-hydrogen) atoms. The smallest absolute Gasteiger partial charge is 0.329 e. The summed E-state index contributed by atoms with van der Waals surface area (Å²) in [6.07, 6.45) is 2.18. The molecule has 1 saturated heterocycles. The first-order valence-electron chi connectivity index (χ1n) is 6.94. The monoisotopic (exact) mass is 272 g/mol. The summed E-state index contributed by atoms with van der Waals surface area (Å²) >= 11 is 0. The van der Waals surface area contributed by atoms with Crippen molar-refractivity contribution in [1.82, 2.24) is 9.80 Å². The molecule has 1 fully saturated rings. The van der Waals surface area contributed by atoms with Gasteiger partial charge in [-0.25, -0.2) is 9.59 Å². The van der Waals surface area contributed by atoms with Gasteiger partial charge >= 0.3 is 12.0 Å². The molecule has 0 radical (unpaired) electrons. The second-order valence-corrected chi connectivity index (χ2v) is 4.88. The molecule has 6 heteroatoms. The van der Waals surface area contributed by atoms with E-state index >= 15 is 0 Å². The zero-order chi connectivity index (χ0) is 14.5. The van der Waals surface area contributed by atoms with E-state index in [0.29, 0.717) is 38.9 Å². The van der Waals surface area contributed by atoms with Gasteiger partial charge in [0.15, 0.2) is 0 Å². The minimum absolute atomic E-state index is 0.0294. The number of likely N-dealkylation sites (tertiary alicyclic amines) is 1. The Hall–Kier alpha value is -1.30. The fourth-order valence-electron chi connectivity index (χ4n) is 2.72. The number of carbonyl (C=O) groups is 2. The predicted octanol–water partition coefficient (Wildman–Crippen LogP) is 1.14. The molecular formula is C13H24N2O4. The molecule has 110 valence electrons. The van der Waals surface area contributed by atoms with Crippen LogP contribution >= 0.6 is 0 Å². The maximum absolute atomic E-state index is 12.5. The van der Waals surface area contributed by atoms with Crippen LogP contribution in [0.3, 0.4) is 0 Å². The first kappa shape index (κ1) is 15.8. The molecule has 1 unspecified atom stereocenters. The fourth-order valence-corrected chi connectivity index (χ4v) is 2.72. The normalized spacial score (nSPS) is 22.6. The van der Waals surface area contributed by atoms with E-state index in [1.807, 2.05) is 13.8 Å². The molecule has 0 spiro atoms. The van der Waals surface area contributed by atoms with Gasteiger partial charge in [-0.2, -0.15) is 0 Å². The van der Waals surface area contributed by atoms with Gasteiger partial charge in [0.1, 0.15) is 5.54 Å². The van der Waals surface area contributed by atoms with E-state index in [1.165, 1.54) is 4.90 Å². The number of carboxylic acid groups (broad SMARTS) is 1. The zero-order valence-corrected chi connectivity index (χ0v) is 11.8. The fraction of sp³-hybridized carbons (Fsp3) is 0.846. The Morgan fingerprint density at radius 1 is 1.37 bits per heavy atom. The van der Waals surface area contributed by atoms with E-state index in [2.05, 4.69) is 0 Å². The Morgan fingerprint density at radius 3 is 2.53 bits per heavy atom. The number of aliphatic hydroxyl groups is 1. The lowest BCUT2D eigenvalue weighted by molar-refractivity contribution is -0.148. The number of hydrogen-bond acceptors (Lipinski definition) is 3. The van der Waals surface area contributed by atoms with Crippen LogP contribution in [0.4, 0.5) is 4.79 Å². The van der Waals surface area contributed by atoms with Crippen molar-refractivity contribution >= 4 is 12.0 Å². The zero-order valence-electron chi connectivity index (χ0n) is 11.8. The molecule has 0 saturated carbocycles. The minimum atomic E-state index is -1.05. The van der Waals surface area contributed by atoms with Crippen LogP contribution in [0.2, 0.25) is 0 Å². The number of rotatable bonds is 6. The van der Waals surface area contributed by atoms with Gasteiger partial charge in [0.25, 0.3) is 0 Å². The Labute approximate surface area is 114 Å². The summed E-state index contributed by atoms with van der Waals surface area (Å²) in [7, 11) is 0. The number of carbonyl (C=O) groups excluding carboxylic acids is 1. The average Bonchev–Trinajstić information content (AvgIpc) is 2.84. The third-order valence-electron chi connectivity index (χ3n) is 3.94. The predicted molar refractivity (Wildman–Crippen MR) is 70.9 cm³/mol. The third kappa shape index (κ3) is 3.00. The molecule has 2 N–H and O–H groups in total. The quantitative estimate of drug-likeness (QED) is 0.759. The van der Waals surface area contributed by atoms with Crippen molar-refractivity contribution in [2.45, 2.75) is 45.1 Å². The number of urea groups is 1. The minimum Gasteiger partial charge on any atom is -0.479 e. The number of aliphatic carboxylic acids is 1. The SMILES string of the molecule is CCN(CCCO)C(=O)N1CCCC1(CC)C(=O)O. The molecule has 2 amide bonds. The summed E-state index contributed by atoms with van der Waals surface area (Å²) in [4.78, 5) is 27.1. The Balaban J connectivity index is 2.86. The molecule has 1 aliphatic heterocycles. The van der Waals surface area contributed by atoms with Gasteiger partial charge in [-0.1, -0.05) is 6.92 Å². The molecule has 0 aromatic heterocycles. The van der Waals surface area contributed by atoms with E-state index in [4.69, 9.17) is 5.11 Å². The topological polar surface area (TPSA) is 81.1 Å². The van der Waals surface area contributed by atoms with Gasteiger partial charge in [-0.15, -0.1) is 0 Å². The van der Waals surface area contributed by atoms with Gasteiger partial charge in [-0.3, -0.25) is 0 Å². The highest BCUT2D eigenvalue weighted by Crippen LogP contribution is 2.33. The van der Waals surface area contributed by atoms with Crippen LogP contribution in [0.15, 0.2) is 0 Å². The van der Waals surface area contributed by atoms with E-state index < -0.39 is 11.5 Å². The van der Waals surface area contributed by atoms with Crippen LogP contribution in [-0.4, -0.2) is 63.8 Å². The van der Waals surface area contributed by atoms with Gasteiger partial charge in [0.2, 0.25) is 0 Å². The molecule has 0 aromatic carbocycles. The summed E-state index contributed by atoms with van der Waals surface area (Å²) in [5.74, 6) is -0.918. The molecule has 6 nitrogen and oxygen atoms in total. The van der Waals surface area contributed by atoms with Crippen molar-refractivity contribution in [3.8, 4) is 0 Å². The Kier molecular flexibility index (Phi) is 5.60. The number of hydrogen-bond donors (Lipinski definition) is 2. The highest BCUT2D eigenvalue weighted by atomic mass is 16.4. The standard InChI is InChI=1S/C13H24N2O4/c1-3-13(11(17)18)7-5-9-15(13)12(19)14(4-2)8-6-10-16/h16H,3-10H2,1-2H3,(H,17,18). The Bertz CT molecular complexity index is 335. The van der Waals surface area contributed by atoms with Crippen molar-refractivity contribution in [3.63, 3.8) is 0 Å². The summed E-state index contributed by atoms with van der Waals surface area (Å²) in [6, 6.07) is -0.224. The molecule has 1 atom stereocenters. The highest BCUT2D eigenvalue weighted by molar-refractivity contribution is 5.87. The average molecular weight is 272 g/mol. The molecule has 1 rings (SSSR count). The van der Waals surface area contributed by atoms with E-state index in [1.54, 1.807) is 4.90 Å². The maximum Gasteiger partial charge on any atom is 0.329 e. The second kappa shape index (κ2) is 6.75. The molecule has 0 bridgehead atoms. The summed E-state index contributed by atoms with van der Waals surface area (Å²) in [6.45, 7) is 5.18. The Morgan fingerprint density at radius 2 is 2.05 bits per heavy atom. The van der Waals surface area contributed by atoms with E-state index in [9.17, 15) is 14.7 Å². The van der Waals surface area contributed by atoms with Crippen LogP contribution < -0.4 is 0 Å². The van der Waals surface area contributed by atoms with Crippen molar-refractivity contribution in [2.75, 3.05) is 26.2 Å². The van der Waals surface area contributed by atoms with Crippen molar-refractivity contribution in [3.05, 3.63) is 0 Å². The molecule has 0 aromatic rings. The van der Waals surface area contributed by atoms with Gasteiger partial charge in [0.05, 0.1) is 0 Å². The maximum atomic E-state index is 12.5. The van der Waals surface area contributed by atoms with Crippen LogP contribution in [0.1, 0.15) is 39.5 Å². The lowest BCUT2D eigenvalue weighted by atomic mass is 9.93. The molecule has 1 aliphatic rings. The molecular weight excluding hydrogens is 248 g/mol. The number of amides is 2. The van der Waals surface area contributed by atoms with Crippen molar-refractivity contribution < 1.29 is 19.8 Å². The van der Waals surface area contributed by atoms with Gasteiger partial charge in [-0.05, 0) is 32.6 Å². The summed E-state index contributed by atoms with van der Waals surface area (Å²) in [5, 5.41) is 18.3. The summed E-state index contributed by atoms with van der Waals surface area (Å²) in [5.41, 5.74) is -1.05. The van der Waals surface area contributed by atoms with E-state index in [-0.39, 0.29) is 12.6 Å². The molecule has 1 heterocycles. The highest BCUT2D eigenvalue weighted by Gasteiger charge is 2.49. The van der Waals surface area contributed by atoms with Crippen LogP contribution in [0, 0.1) is 0 Å². The van der Waals surface area contributed by atoms with Crippen molar-refractivity contribution in [2.24, 2.45) is 0 Å². The second-order valence-electron chi connectivity index (χ2n) is 4.88.